The molecule has 0 unspecified atom stereocenters. The van der Waals surface area contributed by atoms with Gasteiger partial charge in [0.05, 0.1) is 48.7 Å². The molecule has 0 aliphatic carbocycles. The molecule has 176 valence electrons. The Labute approximate surface area is 200 Å². The molecule has 0 aliphatic heterocycles. The van der Waals surface area contributed by atoms with Gasteiger partial charge in [-0.15, -0.1) is 11.3 Å². The molecule has 9 nitrogen and oxygen atoms in total. The number of aromatic nitrogens is 3. The lowest BCUT2D eigenvalue weighted by molar-refractivity contribution is 0.0697. The highest BCUT2D eigenvalue weighted by Crippen LogP contribution is 2.41. The van der Waals surface area contributed by atoms with Crippen molar-refractivity contribution in [2.24, 2.45) is 0 Å². The Morgan fingerprint density at radius 3 is 2.47 bits per heavy atom. The van der Waals surface area contributed by atoms with Gasteiger partial charge in [-0.1, -0.05) is 12.1 Å². The molecule has 10 heteroatoms. The van der Waals surface area contributed by atoms with E-state index >= 15 is 0 Å². The zero-order valence-electron chi connectivity index (χ0n) is 19.4. The van der Waals surface area contributed by atoms with Crippen LogP contribution in [0, 0.1) is 13.8 Å². The number of carboxylic acid groups (broad SMARTS) is 1. The molecule has 2 aromatic heterocycles. The Hall–Kier alpha value is -4.05. The van der Waals surface area contributed by atoms with E-state index in [-0.39, 0.29) is 5.56 Å². The number of benzene rings is 2. The average molecular weight is 481 g/mol. The quantitative estimate of drug-likeness (QED) is 0.359. The van der Waals surface area contributed by atoms with Crippen molar-refractivity contribution in [1.29, 1.82) is 0 Å². The van der Waals surface area contributed by atoms with Crippen molar-refractivity contribution in [2.75, 3.05) is 26.6 Å². The van der Waals surface area contributed by atoms with Gasteiger partial charge >= 0.3 is 5.97 Å². The first-order valence-corrected chi connectivity index (χ1v) is 11.1. The Bertz CT molecular complexity index is 1360. The Morgan fingerprint density at radius 2 is 1.82 bits per heavy atom. The van der Waals surface area contributed by atoms with E-state index < -0.39 is 5.97 Å². The molecule has 34 heavy (non-hydrogen) atoms. The van der Waals surface area contributed by atoms with Gasteiger partial charge in [0.15, 0.2) is 0 Å². The molecule has 0 fully saturated rings. The number of para-hydroxylation sites is 2. The molecule has 0 saturated carbocycles. The number of carboxylic acids is 1. The van der Waals surface area contributed by atoms with Crippen molar-refractivity contribution >= 4 is 28.8 Å². The molecule has 0 saturated heterocycles. The van der Waals surface area contributed by atoms with Crippen LogP contribution < -0.4 is 19.5 Å². The van der Waals surface area contributed by atoms with E-state index in [2.05, 4.69) is 10.3 Å². The van der Waals surface area contributed by atoms with Gasteiger partial charge in [0.1, 0.15) is 28.0 Å². The molecular formula is C24H24N4O5S. The third-order valence-electron chi connectivity index (χ3n) is 5.25. The summed E-state index contributed by atoms with van der Waals surface area (Å²) in [6.45, 7) is 3.81. The predicted octanol–water partition coefficient (Wildman–Crippen LogP) is 5.08. The second-order valence-corrected chi connectivity index (χ2v) is 8.52. The molecule has 2 N–H and O–H groups in total. The molecule has 0 aliphatic rings. The minimum Gasteiger partial charge on any atom is -0.497 e. The highest BCUT2D eigenvalue weighted by atomic mass is 32.1. The fourth-order valence-corrected chi connectivity index (χ4v) is 4.60. The van der Waals surface area contributed by atoms with Crippen LogP contribution in [0.1, 0.15) is 20.9 Å². The van der Waals surface area contributed by atoms with Crippen molar-refractivity contribution < 1.29 is 24.1 Å². The van der Waals surface area contributed by atoms with Crippen LogP contribution in [0.3, 0.4) is 0 Å². The van der Waals surface area contributed by atoms with Gasteiger partial charge in [-0.2, -0.15) is 5.10 Å². The number of methoxy groups -OCH3 is 3. The van der Waals surface area contributed by atoms with E-state index in [1.165, 1.54) is 24.5 Å². The van der Waals surface area contributed by atoms with Crippen molar-refractivity contribution in [3.05, 3.63) is 58.6 Å². The Kier molecular flexibility index (Phi) is 6.42. The third-order valence-corrected chi connectivity index (χ3v) is 6.21. The van der Waals surface area contributed by atoms with E-state index in [4.69, 9.17) is 19.3 Å². The van der Waals surface area contributed by atoms with Gasteiger partial charge in [0.2, 0.25) is 5.88 Å². The van der Waals surface area contributed by atoms with Gasteiger partial charge in [-0.25, -0.2) is 14.5 Å². The fraction of sp³-hybridized carbons (Fsp3) is 0.208. The standard InChI is InChI=1S/C24H24N4O5S/c1-13-20(23-26-22(33-5)14(2)34-23)21(28(27-13)18-8-6-7-9-19(18)32-4)25-17-11-10-15(31-3)12-16(17)24(29)30/h6-12,25H,1-5H3,(H,29,30). The average Bonchev–Trinajstić information content (AvgIpc) is 3.37. The van der Waals surface area contributed by atoms with Gasteiger partial charge < -0.3 is 24.6 Å². The lowest BCUT2D eigenvalue weighted by Gasteiger charge is -2.16. The number of nitrogens with zero attached hydrogens (tertiary/aromatic N) is 3. The molecule has 0 atom stereocenters. The van der Waals surface area contributed by atoms with E-state index in [0.717, 1.165) is 10.4 Å². The summed E-state index contributed by atoms with van der Waals surface area (Å²) >= 11 is 1.47. The number of anilines is 2. The number of thiazole rings is 1. The third kappa shape index (κ3) is 4.15. The smallest absolute Gasteiger partial charge is 0.337 e. The van der Waals surface area contributed by atoms with E-state index in [1.54, 1.807) is 31.0 Å². The molecular weight excluding hydrogens is 456 g/mol. The molecule has 0 spiro atoms. The van der Waals surface area contributed by atoms with Crippen molar-refractivity contribution in [3.8, 4) is 33.6 Å². The summed E-state index contributed by atoms with van der Waals surface area (Å²) in [6, 6.07) is 12.3. The number of nitrogens with one attached hydrogen (secondary N) is 1. The largest absolute Gasteiger partial charge is 0.497 e. The highest BCUT2D eigenvalue weighted by Gasteiger charge is 2.25. The maximum absolute atomic E-state index is 12.0. The molecule has 0 amide bonds. The maximum atomic E-state index is 12.0. The number of rotatable bonds is 8. The zero-order chi connectivity index (χ0) is 24.4. The molecule has 4 aromatic rings. The Balaban J connectivity index is 1.97. The van der Waals surface area contributed by atoms with Crippen LogP contribution in [0.4, 0.5) is 11.5 Å². The van der Waals surface area contributed by atoms with Crippen molar-refractivity contribution in [3.63, 3.8) is 0 Å². The summed E-state index contributed by atoms with van der Waals surface area (Å²) in [5.41, 5.74) is 2.56. The first-order chi connectivity index (χ1) is 16.4. The summed E-state index contributed by atoms with van der Waals surface area (Å²) in [5, 5.41) is 18.6. The van der Waals surface area contributed by atoms with Crippen LogP contribution in [0.2, 0.25) is 0 Å². The van der Waals surface area contributed by atoms with Crippen molar-refractivity contribution in [1.82, 2.24) is 14.8 Å². The molecule has 0 bridgehead atoms. The second-order valence-electron chi connectivity index (χ2n) is 7.32. The number of hydrogen-bond donors (Lipinski definition) is 2. The number of aryl methyl sites for hydroxylation is 2. The van der Waals surface area contributed by atoms with Crippen LogP contribution in [0.15, 0.2) is 42.5 Å². The lowest BCUT2D eigenvalue weighted by Crippen LogP contribution is -2.08. The molecule has 2 aromatic carbocycles. The van der Waals surface area contributed by atoms with Crippen LogP contribution in [-0.4, -0.2) is 47.2 Å². The van der Waals surface area contributed by atoms with Gasteiger partial charge in [0, 0.05) is 0 Å². The van der Waals surface area contributed by atoms with Gasteiger partial charge in [0.25, 0.3) is 0 Å². The van der Waals surface area contributed by atoms with Crippen LogP contribution >= 0.6 is 11.3 Å². The lowest BCUT2D eigenvalue weighted by atomic mass is 10.1. The monoisotopic (exact) mass is 480 g/mol. The van der Waals surface area contributed by atoms with Gasteiger partial charge in [-0.05, 0) is 44.2 Å². The highest BCUT2D eigenvalue weighted by molar-refractivity contribution is 7.15. The molecule has 4 rings (SSSR count). The SMILES string of the molecule is COc1ccc(Nc2c(-c3nc(OC)c(C)s3)c(C)nn2-c2ccccc2OC)c(C(=O)O)c1. The maximum Gasteiger partial charge on any atom is 0.337 e. The normalized spacial score (nSPS) is 10.7. The number of ether oxygens (including phenoxy) is 3. The number of hydrogen-bond acceptors (Lipinski definition) is 8. The van der Waals surface area contributed by atoms with Crippen LogP contribution in [-0.2, 0) is 0 Å². The summed E-state index contributed by atoms with van der Waals surface area (Å²) < 4.78 is 17.9. The van der Waals surface area contributed by atoms with Crippen LogP contribution in [0.25, 0.3) is 16.3 Å². The molecule has 0 radical (unpaired) electrons. The summed E-state index contributed by atoms with van der Waals surface area (Å²) in [5.74, 6) is 1.05. The van der Waals surface area contributed by atoms with Gasteiger partial charge in [-0.3, -0.25) is 0 Å². The first kappa shape index (κ1) is 23.1. The summed E-state index contributed by atoms with van der Waals surface area (Å²) in [6.07, 6.45) is 0. The fourth-order valence-electron chi connectivity index (χ4n) is 3.62. The predicted molar refractivity (Wildman–Crippen MR) is 130 cm³/mol. The minimum atomic E-state index is -1.09. The summed E-state index contributed by atoms with van der Waals surface area (Å²) in [7, 11) is 4.65. The van der Waals surface area contributed by atoms with E-state index in [0.29, 0.717) is 45.3 Å². The zero-order valence-corrected chi connectivity index (χ0v) is 20.2. The summed E-state index contributed by atoms with van der Waals surface area (Å²) in [4.78, 5) is 17.6. The molecule has 2 heterocycles. The minimum absolute atomic E-state index is 0.0589. The van der Waals surface area contributed by atoms with E-state index in [1.807, 2.05) is 38.1 Å². The number of aromatic carboxylic acids is 1. The second kappa shape index (κ2) is 9.44. The topological polar surface area (TPSA) is 108 Å². The Morgan fingerprint density at radius 1 is 1.06 bits per heavy atom. The van der Waals surface area contributed by atoms with Crippen LogP contribution in [0.5, 0.6) is 17.4 Å². The number of carbonyl (C=O) groups is 1. The van der Waals surface area contributed by atoms with Crippen molar-refractivity contribution in [2.45, 2.75) is 13.8 Å². The van der Waals surface area contributed by atoms with E-state index in [9.17, 15) is 9.90 Å². The first-order valence-electron chi connectivity index (χ1n) is 10.3.